The molecule has 0 saturated heterocycles. The van der Waals surface area contributed by atoms with E-state index in [1.165, 1.54) is 11.8 Å². The lowest BCUT2D eigenvalue weighted by Gasteiger charge is -2.11. The summed E-state index contributed by atoms with van der Waals surface area (Å²) in [6, 6.07) is 27.4. The molecule has 0 fully saturated rings. The van der Waals surface area contributed by atoms with Crippen LogP contribution < -0.4 is 10.2 Å². The summed E-state index contributed by atoms with van der Waals surface area (Å²) in [5.41, 5.74) is 5.38. The van der Waals surface area contributed by atoms with Crippen molar-refractivity contribution in [2.24, 2.45) is 5.10 Å². The molecular formula is C27H24BrN5O2S. The van der Waals surface area contributed by atoms with E-state index in [0.717, 1.165) is 27.0 Å². The van der Waals surface area contributed by atoms with Crippen molar-refractivity contribution in [3.63, 3.8) is 0 Å². The zero-order chi connectivity index (χ0) is 25.2. The topological polar surface area (TPSA) is 81.4 Å². The number of benzene rings is 3. The van der Waals surface area contributed by atoms with E-state index >= 15 is 0 Å². The number of aromatic nitrogens is 3. The van der Waals surface area contributed by atoms with Gasteiger partial charge in [0.15, 0.2) is 11.0 Å². The molecule has 0 spiro atoms. The number of nitrogens with one attached hydrogen (secondary N) is 1. The van der Waals surface area contributed by atoms with Crippen LogP contribution in [0.2, 0.25) is 0 Å². The van der Waals surface area contributed by atoms with E-state index in [4.69, 9.17) is 4.74 Å². The number of rotatable bonds is 10. The summed E-state index contributed by atoms with van der Waals surface area (Å²) in [5, 5.41) is 13.4. The summed E-state index contributed by atoms with van der Waals surface area (Å²) in [7, 11) is 0. The predicted molar refractivity (Wildman–Crippen MR) is 149 cm³/mol. The van der Waals surface area contributed by atoms with E-state index in [2.05, 4.69) is 36.7 Å². The molecule has 0 aliphatic carbocycles. The lowest BCUT2D eigenvalue weighted by Crippen LogP contribution is -2.19. The molecule has 4 aromatic rings. The van der Waals surface area contributed by atoms with Crippen molar-refractivity contribution >= 4 is 45.9 Å². The zero-order valence-electron chi connectivity index (χ0n) is 19.5. The average molecular weight is 562 g/mol. The Balaban J connectivity index is 1.46. The Bertz CT molecular complexity index is 1340. The Morgan fingerprint density at radius 1 is 1.03 bits per heavy atom. The molecule has 0 saturated carbocycles. The minimum atomic E-state index is -0.251. The van der Waals surface area contributed by atoms with E-state index in [1.807, 2.05) is 102 Å². The van der Waals surface area contributed by atoms with Gasteiger partial charge in [0.25, 0.3) is 5.91 Å². The number of nitrogens with zero attached hydrogens (tertiary/aromatic N) is 4. The average Bonchev–Trinajstić information content (AvgIpc) is 3.33. The first-order valence-corrected chi connectivity index (χ1v) is 13.0. The van der Waals surface area contributed by atoms with Crippen LogP contribution in [0.15, 0.2) is 99.7 Å². The highest BCUT2D eigenvalue weighted by atomic mass is 79.9. The summed E-state index contributed by atoms with van der Waals surface area (Å²) in [4.78, 5) is 12.4. The molecule has 1 amide bonds. The number of ether oxygens (including phenoxy) is 1. The lowest BCUT2D eigenvalue weighted by molar-refractivity contribution is -0.118. The number of amides is 1. The normalized spacial score (nSPS) is 11.6. The van der Waals surface area contributed by atoms with E-state index in [1.54, 1.807) is 6.21 Å². The van der Waals surface area contributed by atoms with Crippen LogP contribution in [0, 0.1) is 0 Å². The van der Waals surface area contributed by atoms with Crippen molar-refractivity contribution in [3.05, 3.63) is 95.0 Å². The third kappa shape index (κ3) is 6.93. The molecule has 182 valence electrons. The molecule has 0 bridgehead atoms. The van der Waals surface area contributed by atoms with Gasteiger partial charge in [0, 0.05) is 15.7 Å². The molecule has 1 heterocycles. The number of hydrogen-bond acceptors (Lipinski definition) is 6. The highest BCUT2D eigenvalue weighted by Gasteiger charge is 2.17. The molecule has 0 unspecified atom stereocenters. The summed E-state index contributed by atoms with van der Waals surface area (Å²) in [5.74, 6) is 1.35. The van der Waals surface area contributed by atoms with Crippen LogP contribution >= 0.6 is 27.7 Å². The Morgan fingerprint density at radius 3 is 2.42 bits per heavy atom. The quantitative estimate of drug-likeness (QED) is 0.147. The molecule has 0 aliphatic rings. The largest absolute Gasteiger partial charge is 0.494 e. The van der Waals surface area contributed by atoms with E-state index in [-0.39, 0.29) is 11.7 Å². The van der Waals surface area contributed by atoms with Gasteiger partial charge in [0.05, 0.1) is 18.6 Å². The molecule has 0 radical (unpaired) electrons. The predicted octanol–water partition coefficient (Wildman–Crippen LogP) is 5.96. The first-order valence-electron chi connectivity index (χ1n) is 11.2. The number of carbonyl (C=O) groups excluding carboxylic acids is 1. The highest BCUT2D eigenvalue weighted by Crippen LogP contribution is 2.28. The van der Waals surface area contributed by atoms with E-state index in [0.29, 0.717) is 17.6 Å². The second-order valence-corrected chi connectivity index (χ2v) is 9.31. The van der Waals surface area contributed by atoms with Crippen LogP contribution in [0.1, 0.15) is 12.5 Å². The molecule has 1 aromatic heterocycles. The molecule has 1 N–H and O–H groups in total. The molecule has 9 heteroatoms. The summed E-state index contributed by atoms with van der Waals surface area (Å²) in [6.07, 6.45) is 3.46. The fraction of sp³-hybridized carbons (Fsp3) is 0.111. The van der Waals surface area contributed by atoms with Gasteiger partial charge in [-0.2, -0.15) is 5.10 Å². The van der Waals surface area contributed by atoms with Gasteiger partial charge < -0.3 is 4.74 Å². The monoisotopic (exact) mass is 561 g/mol. The van der Waals surface area contributed by atoms with E-state index in [9.17, 15) is 4.79 Å². The highest BCUT2D eigenvalue weighted by molar-refractivity contribution is 9.12. The number of thioether (sulfide) groups is 1. The van der Waals surface area contributed by atoms with Crippen LogP contribution in [0.3, 0.4) is 0 Å². The maximum absolute atomic E-state index is 12.4. The Hall–Kier alpha value is -3.69. The van der Waals surface area contributed by atoms with Crippen LogP contribution in [-0.2, 0) is 4.79 Å². The van der Waals surface area contributed by atoms with Crippen molar-refractivity contribution in [1.29, 1.82) is 0 Å². The van der Waals surface area contributed by atoms with Crippen LogP contribution in [0.4, 0.5) is 0 Å². The third-order valence-corrected chi connectivity index (χ3v) is 6.25. The van der Waals surface area contributed by atoms with Crippen LogP contribution in [-0.4, -0.2) is 39.2 Å². The molecule has 4 rings (SSSR count). The van der Waals surface area contributed by atoms with E-state index < -0.39 is 0 Å². The van der Waals surface area contributed by atoms with Gasteiger partial charge >= 0.3 is 0 Å². The second kappa shape index (κ2) is 12.9. The maximum atomic E-state index is 12.4. The standard InChI is InChI=1S/C27H24BrN5O2S/c1-2-35-24-15-13-23(14-16-24)33-26(21-11-7-4-8-12-21)31-32-27(33)36-19-25(34)30-29-18-22(28)17-20-9-5-3-6-10-20/h3-18H,2,19H2,1H3,(H,30,34)/b22-17-,29-18+. The number of allylic oxidation sites excluding steroid dienone is 1. The van der Waals surface area contributed by atoms with Gasteiger partial charge in [-0.25, -0.2) is 5.43 Å². The molecule has 7 nitrogen and oxygen atoms in total. The number of hydrazone groups is 1. The summed E-state index contributed by atoms with van der Waals surface area (Å²) < 4.78 is 8.25. The van der Waals surface area contributed by atoms with Crippen molar-refractivity contribution in [2.75, 3.05) is 12.4 Å². The molecule has 0 atom stereocenters. The lowest BCUT2D eigenvalue weighted by atomic mass is 10.2. The minimum Gasteiger partial charge on any atom is -0.494 e. The van der Waals surface area contributed by atoms with Crippen molar-refractivity contribution < 1.29 is 9.53 Å². The fourth-order valence-electron chi connectivity index (χ4n) is 3.30. The summed E-state index contributed by atoms with van der Waals surface area (Å²) >= 11 is 4.73. The van der Waals surface area contributed by atoms with Gasteiger partial charge in [-0.05, 0) is 58.8 Å². The maximum Gasteiger partial charge on any atom is 0.250 e. The number of halogens is 1. The zero-order valence-corrected chi connectivity index (χ0v) is 21.9. The SMILES string of the molecule is CCOc1ccc(-n2c(SCC(=O)N/N=C/C(Br)=C/c3ccccc3)nnc2-c2ccccc2)cc1. The van der Waals surface area contributed by atoms with Gasteiger partial charge in [-0.1, -0.05) is 72.4 Å². The smallest absolute Gasteiger partial charge is 0.250 e. The fourth-order valence-corrected chi connectivity index (χ4v) is 4.41. The Kier molecular flexibility index (Phi) is 9.07. The summed E-state index contributed by atoms with van der Waals surface area (Å²) in [6.45, 7) is 2.54. The van der Waals surface area contributed by atoms with Gasteiger partial charge in [0.1, 0.15) is 5.75 Å². The minimum absolute atomic E-state index is 0.126. The molecular weight excluding hydrogens is 538 g/mol. The second-order valence-electron chi connectivity index (χ2n) is 7.46. The van der Waals surface area contributed by atoms with Crippen LogP contribution in [0.5, 0.6) is 5.75 Å². The van der Waals surface area contributed by atoms with Gasteiger partial charge in [-0.15, -0.1) is 10.2 Å². The van der Waals surface area contributed by atoms with Gasteiger partial charge in [-0.3, -0.25) is 9.36 Å². The Morgan fingerprint density at radius 2 is 1.72 bits per heavy atom. The number of carbonyl (C=O) groups is 1. The van der Waals surface area contributed by atoms with Crippen molar-refractivity contribution in [2.45, 2.75) is 12.1 Å². The van der Waals surface area contributed by atoms with Gasteiger partial charge in [0.2, 0.25) is 0 Å². The number of hydrogen-bond donors (Lipinski definition) is 1. The molecule has 3 aromatic carbocycles. The molecule has 36 heavy (non-hydrogen) atoms. The third-order valence-electron chi connectivity index (χ3n) is 4.88. The first kappa shape index (κ1) is 25.4. The first-order chi connectivity index (χ1) is 17.6. The van der Waals surface area contributed by atoms with Crippen LogP contribution in [0.25, 0.3) is 23.2 Å². The van der Waals surface area contributed by atoms with Crippen molar-refractivity contribution in [1.82, 2.24) is 20.2 Å². The molecule has 0 aliphatic heterocycles. The van der Waals surface area contributed by atoms with Crippen molar-refractivity contribution in [3.8, 4) is 22.8 Å². The Labute approximate surface area is 222 Å².